The fourth-order valence-electron chi connectivity index (χ4n) is 6.36. The molecule has 0 saturated heterocycles. The summed E-state index contributed by atoms with van der Waals surface area (Å²) in [4.78, 5) is 30.0. The van der Waals surface area contributed by atoms with Crippen molar-refractivity contribution in [2.75, 3.05) is 11.1 Å². The van der Waals surface area contributed by atoms with Crippen molar-refractivity contribution >= 4 is 40.2 Å². The first-order valence-electron chi connectivity index (χ1n) is 15.6. The van der Waals surface area contributed by atoms with Gasteiger partial charge in [0, 0.05) is 22.7 Å². The Hall–Kier alpha value is -4.37. The molecule has 5 aromatic rings. The van der Waals surface area contributed by atoms with E-state index < -0.39 is 5.97 Å². The van der Waals surface area contributed by atoms with E-state index in [9.17, 15) is 9.59 Å². The number of aryl methyl sites for hydroxylation is 1. The van der Waals surface area contributed by atoms with Gasteiger partial charge in [-0.05, 0) is 67.3 Å². The van der Waals surface area contributed by atoms with Gasteiger partial charge in [0.25, 0.3) is 0 Å². The minimum absolute atomic E-state index is 0.0802. The average molecular weight is 622 g/mol. The second-order valence-electron chi connectivity index (χ2n) is 12.3. The molecular formula is C36H39N5O3S. The second kappa shape index (κ2) is 13.3. The molecule has 9 heteroatoms. The Morgan fingerprint density at radius 3 is 2.60 bits per heavy atom. The number of carbonyl (C=O) groups is 2. The van der Waals surface area contributed by atoms with Crippen LogP contribution in [0.2, 0.25) is 0 Å². The van der Waals surface area contributed by atoms with E-state index in [1.165, 1.54) is 11.8 Å². The van der Waals surface area contributed by atoms with E-state index in [-0.39, 0.29) is 17.8 Å². The topological polar surface area (TPSA) is 102 Å². The molecule has 0 radical (unpaired) electrons. The molecule has 2 N–H and O–H groups in total. The summed E-state index contributed by atoms with van der Waals surface area (Å²) in [5.41, 5.74) is 4.74. The maximum absolute atomic E-state index is 13.4. The van der Waals surface area contributed by atoms with Crippen LogP contribution in [0.15, 0.2) is 84.1 Å². The minimum atomic E-state index is -0.397. The number of carbonyl (C=O) groups excluding carboxylic acids is 2. The highest BCUT2D eigenvalue weighted by molar-refractivity contribution is 7.99. The van der Waals surface area contributed by atoms with Crippen molar-refractivity contribution in [2.24, 2.45) is 17.8 Å². The number of fused-ring (bicyclic) bond motifs is 1. The number of nitrogens with zero attached hydrogens (tertiary/aromatic N) is 3. The van der Waals surface area contributed by atoms with Gasteiger partial charge in [0.2, 0.25) is 5.91 Å². The van der Waals surface area contributed by atoms with Crippen LogP contribution < -0.4 is 5.32 Å². The van der Waals surface area contributed by atoms with Crippen LogP contribution in [-0.4, -0.2) is 43.5 Å². The lowest BCUT2D eigenvalue weighted by atomic mass is 9.75. The van der Waals surface area contributed by atoms with Crippen molar-refractivity contribution in [3.63, 3.8) is 0 Å². The Bertz CT molecular complexity index is 1830. The Kier molecular flexibility index (Phi) is 9.07. The van der Waals surface area contributed by atoms with E-state index in [2.05, 4.69) is 47.3 Å². The van der Waals surface area contributed by atoms with Crippen LogP contribution in [0.5, 0.6) is 0 Å². The van der Waals surface area contributed by atoms with Gasteiger partial charge in [0.1, 0.15) is 6.10 Å². The minimum Gasteiger partial charge on any atom is -0.458 e. The molecule has 2 heterocycles. The van der Waals surface area contributed by atoms with Gasteiger partial charge in [-0.1, -0.05) is 87.5 Å². The average Bonchev–Trinajstić information content (AvgIpc) is 3.64. The number of nitrogens with one attached hydrogen (secondary N) is 2. The lowest BCUT2D eigenvalue weighted by Gasteiger charge is -2.36. The molecule has 3 aromatic carbocycles. The maximum atomic E-state index is 13.4. The molecule has 3 atom stereocenters. The van der Waals surface area contributed by atoms with Crippen LogP contribution in [0.4, 0.5) is 5.69 Å². The number of para-hydroxylation sites is 3. The standard InChI is InChI=1S/C36H39N5O3S/c1-22(2)25-18-17-23(3)19-32(25)44-35(43)27-13-7-9-15-30(27)38-33(42)21-45-36-40-39-34(41(36)31-16-10-5-11-24(31)4)28-20-37-29-14-8-6-12-26(28)29/h5-16,20,22-23,25,32,37H,17-19,21H2,1-4H3,(H,38,42)/t23-,25-,32-/m1/s1. The van der Waals surface area contributed by atoms with Gasteiger partial charge < -0.3 is 15.0 Å². The van der Waals surface area contributed by atoms with Crippen LogP contribution in [0.25, 0.3) is 28.0 Å². The molecular weight excluding hydrogens is 582 g/mol. The molecule has 0 aliphatic heterocycles. The summed E-state index contributed by atoms with van der Waals surface area (Å²) in [5.74, 6) is 1.41. The number of ether oxygens (including phenoxy) is 1. The fraction of sp³-hybridized carbons (Fsp3) is 0.333. The largest absolute Gasteiger partial charge is 0.458 e. The van der Waals surface area contributed by atoms with E-state index in [4.69, 9.17) is 4.74 Å². The van der Waals surface area contributed by atoms with Gasteiger partial charge in [-0.25, -0.2) is 4.79 Å². The summed E-state index contributed by atoms with van der Waals surface area (Å²) >= 11 is 1.30. The molecule has 232 valence electrons. The van der Waals surface area contributed by atoms with Crippen molar-refractivity contribution in [2.45, 2.75) is 58.2 Å². The van der Waals surface area contributed by atoms with Crippen LogP contribution in [-0.2, 0) is 9.53 Å². The fourth-order valence-corrected chi connectivity index (χ4v) is 7.11. The zero-order valence-electron chi connectivity index (χ0n) is 26.1. The molecule has 2 aromatic heterocycles. The molecule has 1 aliphatic carbocycles. The highest BCUT2D eigenvalue weighted by Crippen LogP contribution is 2.37. The quantitative estimate of drug-likeness (QED) is 0.127. The zero-order chi connectivity index (χ0) is 31.5. The number of esters is 1. The molecule has 1 aliphatic rings. The van der Waals surface area contributed by atoms with E-state index in [1.54, 1.807) is 24.3 Å². The van der Waals surface area contributed by atoms with E-state index in [1.807, 2.05) is 60.2 Å². The lowest BCUT2D eigenvalue weighted by Crippen LogP contribution is -2.36. The van der Waals surface area contributed by atoms with E-state index in [0.29, 0.717) is 40.0 Å². The molecule has 0 bridgehead atoms. The van der Waals surface area contributed by atoms with Crippen molar-refractivity contribution < 1.29 is 14.3 Å². The van der Waals surface area contributed by atoms with E-state index in [0.717, 1.165) is 47.0 Å². The summed E-state index contributed by atoms with van der Waals surface area (Å²) in [6.07, 6.45) is 4.89. The highest BCUT2D eigenvalue weighted by Gasteiger charge is 2.34. The van der Waals surface area contributed by atoms with Crippen molar-refractivity contribution in [1.82, 2.24) is 19.7 Å². The van der Waals surface area contributed by atoms with Crippen molar-refractivity contribution in [3.05, 3.63) is 90.1 Å². The Morgan fingerprint density at radius 1 is 1.02 bits per heavy atom. The monoisotopic (exact) mass is 621 g/mol. The smallest absolute Gasteiger partial charge is 0.340 e. The van der Waals surface area contributed by atoms with Crippen LogP contribution in [0.1, 0.15) is 56.0 Å². The predicted molar refractivity (Wildman–Crippen MR) is 180 cm³/mol. The Balaban J connectivity index is 1.21. The molecule has 8 nitrogen and oxygen atoms in total. The molecule has 1 fully saturated rings. The summed E-state index contributed by atoms with van der Waals surface area (Å²) in [6.45, 7) is 8.64. The van der Waals surface area contributed by atoms with Gasteiger partial charge in [0.15, 0.2) is 11.0 Å². The first kappa shape index (κ1) is 30.6. The summed E-state index contributed by atoms with van der Waals surface area (Å²) in [6, 6.07) is 23.2. The molecule has 0 spiro atoms. The molecule has 6 rings (SSSR count). The number of aromatic amines is 1. The van der Waals surface area contributed by atoms with Crippen LogP contribution in [0.3, 0.4) is 0 Å². The Labute approximate surface area is 268 Å². The third-order valence-electron chi connectivity index (χ3n) is 8.79. The number of aromatic nitrogens is 4. The normalized spacial score (nSPS) is 18.3. The number of amides is 1. The zero-order valence-corrected chi connectivity index (χ0v) is 26.9. The number of thioether (sulfide) groups is 1. The first-order chi connectivity index (χ1) is 21.8. The van der Waals surface area contributed by atoms with Crippen LogP contribution >= 0.6 is 11.8 Å². The molecule has 45 heavy (non-hydrogen) atoms. The number of anilines is 1. The van der Waals surface area contributed by atoms with Gasteiger partial charge in [-0.2, -0.15) is 0 Å². The SMILES string of the molecule is Cc1ccccc1-n1c(SCC(=O)Nc2ccccc2C(=O)O[C@@H]2C[C@H](C)CC[C@@H]2C(C)C)nnc1-c1c[nH]c2ccccc12. The predicted octanol–water partition coefficient (Wildman–Crippen LogP) is 8.07. The summed E-state index contributed by atoms with van der Waals surface area (Å²) in [5, 5.41) is 13.7. The van der Waals surface area contributed by atoms with Gasteiger partial charge in [0.05, 0.1) is 22.7 Å². The highest BCUT2D eigenvalue weighted by atomic mass is 32.2. The maximum Gasteiger partial charge on any atom is 0.340 e. The first-order valence-corrected chi connectivity index (χ1v) is 16.6. The van der Waals surface area contributed by atoms with E-state index >= 15 is 0 Å². The van der Waals surface area contributed by atoms with Gasteiger partial charge in [-0.15, -0.1) is 10.2 Å². The Morgan fingerprint density at radius 2 is 1.78 bits per heavy atom. The van der Waals surface area contributed by atoms with Crippen molar-refractivity contribution in [3.8, 4) is 17.1 Å². The number of H-pyrrole nitrogens is 1. The molecule has 1 amide bonds. The number of hydrogen-bond donors (Lipinski definition) is 2. The van der Waals surface area contributed by atoms with Gasteiger partial charge in [-0.3, -0.25) is 9.36 Å². The number of benzene rings is 3. The molecule has 0 unspecified atom stereocenters. The third kappa shape index (κ3) is 6.54. The van der Waals surface area contributed by atoms with Gasteiger partial charge >= 0.3 is 5.97 Å². The van der Waals surface area contributed by atoms with Crippen molar-refractivity contribution in [1.29, 1.82) is 0 Å². The lowest BCUT2D eigenvalue weighted by molar-refractivity contribution is -0.113. The number of rotatable bonds is 9. The second-order valence-corrected chi connectivity index (χ2v) is 13.3. The van der Waals surface area contributed by atoms with Crippen LogP contribution in [0, 0.1) is 24.7 Å². The third-order valence-corrected chi connectivity index (χ3v) is 9.72. The summed E-state index contributed by atoms with van der Waals surface area (Å²) < 4.78 is 8.10. The summed E-state index contributed by atoms with van der Waals surface area (Å²) in [7, 11) is 0. The molecule has 1 saturated carbocycles. The number of hydrogen-bond acceptors (Lipinski definition) is 6.